The molecule has 0 fully saturated rings. The van der Waals surface area contributed by atoms with E-state index in [-0.39, 0.29) is 30.1 Å². The van der Waals surface area contributed by atoms with E-state index in [0.717, 1.165) is 0 Å². The van der Waals surface area contributed by atoms with Gasteiger partial charge in [0.15, 0.2) is 5.84 Å². The third kappa shape index (κ3) is 3.38. The first kappa shape index (κ1) is 13.8. The summed E-state index contributed by atoms with van der Waals surface area (Å²) >= 11 is 0. The Hall–Kier alpha value is -2.24. The number of rotatable bonds is 4. The molecule has 0 atom stereocenters. The summed E-state index contributed by atoms with van der Waals surface area (Å²) in [5.41, 5.74) is 5.86. The van der Waals surface area contributed by atoms with E-state index in [1.165, 1.54) is 29.2 Å². The summed E-state index contributed by atoms with van der Waals surface area (Å²) in [7, 11) is 0. The number of amidine groups is 1. The summed E-state index contributed by atoms with van der Waals surface area (Å²) < 4.78 is 0. The van der Waals surface area contributed by atoms with E-state index in [9.17, 15) is 9.90 Å². The van der Waals surface area contributed by atoms with Gasteiger partial charge in [0.1, 0.15) is 5.75 Å². The minimum absolute atomic E-state index is 0.0316. The van der Waals surface area contributed by atoms with Crippen molar-refractivity contribution in [2.75, 3.05) is 6.54 Å². The molecular weight excluding hydrogens is 234 g/mol. The second-order valence-electron chi connectivity index (χ2n) is 4.17. The predicted octanol–water partition coefficient (Wildman–Crippen LogP) is 0.989. The van der Waals surface area contributed by atoms with Crippen LogP contribution in [0.2, 0.25) is 0 Å². The van der Waals surface area contributed by atoms with Gasteiger partial charge >= 0.3 is 0 Å². The first-order valence-corrected chi connectivity index (χ1v) is 5.52. The summed E-state index contributed by atoms with van der Waals surface area (Å²) in [6.45, 7) is 3.72. The largest absolute Gasteiger partial charge is 0.508 e. The van der Waals surface area contributed by atoms with E-state index in [1.54, 1.807) is 0 Å². The Bertz CT molecular complexity index is 440. The molecule has 0 saturated carbocycles. The zero-order chi connectivity index (χ0) is 13.7. The van der Waals surface area contributed by atoms with Gasteiger partial charge in [-0.25, -0.2) is 0 Å². The summed E-state index contributed by atoms with van der Waals surface area (Å²) in [5, 5.41) is 20.6. The maximum absolute atomic E-state index is 12.2. The first-order valence-electron chi connectivity index (χ1n) is 5.52. The number of nitrogens with two attached hydrogens (primary N) is 1. The van der Waals surface area contributed by atoms with Gasteiger partial charge in [0.25, 0.3) is 5.91 Å². The van der Waals surface area contributed by atoms with E-state index in [0.29, 0.717) is 5.56 Å². The molecule has 6 heteroatoms. The maximum Gasteiger partial charge on any atom is 0.254 e. The van der Waals surface area contributed by atoms with Crippen molar-refractivity contribution in [3.8, 4) is 5.75 Å². The van der Waals surface area contributed by atoms with Gasteiger partial charge in [-0.2, -0.15) is 0 Å². The molecule has 0 aromatic heterocycles. The second-order valence-corrected chi connectivity index (χ2v) is 4.17. The van der Waals surface area contributed by atoms with Crippen molar-refractivity contribution < 1.29 is 15.1 Å². The lowest BCUT2D eigenvalue weighted by Crippen LogP contribution is -2.42. The second kappa shape index (κ2) is 5.90. The van der Waals surface area contributed by atoms with Gasteiger partial charge in [-0.05, 0) is 38.1 Å². The number of amides is 1. The van der Waals surface area contributed by atoms with Gasteiger partial charge in [0.2, 0.25) is 0 Å². The van der Waals surface area contributed by atoms with E-state index in [4.69, 9.17) is 10.9 Å². The lowest BCUT2D eigenvalue weighted by Gasteiger charge is -2.26. The third-order valence-electron chi connectivity index (χ3n) is 2.46. The molecule has 4 N–H and O–H groups in total. The predicted molar refractivity (Wildman–Crippen MR) is 67.7 cm³/mol. The van der Waals surface area contributed by atoms with Crippen molar-refractivity contribution in [3.63, 3.8) is 0 Å². The molecular formula is C12H17N3O3. The van der Waals surface area contributed by atoms with Gasteiger partial charge in [-0.1, -0.05) is 5.16 Å². The van der Waals surface area contributed by atoms with Crippen LogP contribution in [0, 0.1) is 0 Å². The van der Waals surface area contributed by atoms with Crippen LogP contribution in [0.3, 0.4) is 0 Å². The Morgan fingerprint density at radius 1 is 1.39 bits per heavy atom. The van der Waals surface area contributed by atoms with Crippen molar-refractivity contribution in [3.05, 3.63) is 29.8 Å². The van der Waals surface area contributed by atoms with Crippen molar-refractivity contribution in [1.82, 2.24) is 4.90 Å². The molecule has 0 aliphatic heterocycles. The van der Waals surface area contributed by atoms with E-state index < -0.39 is 0 Å². The number of carbonyl (C=O) groups is 1. The number of hydrogen-bond acceptors (Lipinski definition) is 4. The van der Waals surface area contributed by atoms with Crippen LogP contribution in [-0.4, -0.2) is 39.5 Å². The summed E-state index contributed by atoms with van der Waals surface area (Å²) in [5.74, 6) is -0.175. The van der Waals surface area contributed by atoms with Crippen LogP contribution in [0.1, 0.15) is 24.2 Å². The minimum atomic E-state index is -0.239. The monoisotopic (exact) mass is 251 g/mol. The molecule has 0 bridgehead atoms. The average molecular weight is 251 g/mol. The van der Waals surface area contributed by atoms with Crippen molar-refractivity contribution in [1.29, 1.82) is 0 Å². The molecule has 0 unspecified atom stereocenters. The first-order chi connectivity index (χ1) is 8.45. The number of oxime groups is 1. The Morgan fingerprint density at radius 3 is 2.39 bits per heavy atom. The Balaban J connectivity index is 2.92. The quantitative estimate of drug-likeness (QED) is 0.321. The highest BCUT2D eigenvalue weighted by atomic mass is 16.4. The molecule has 0 aliphatic rings. The lowest BCUT2D eigenvalue weighted by molar-refractivity contribution is 0.0734. The SMILES string of the molecule is CC(C)N(CC(N)=NO)C(=O)c1ccc(O)cc1. The number of benzene rings is 1. The fourth-order valence-electron chi connectivity index (χ4n) is 1.46. The Labute approximate surface area is 105 Å². The standard InChI is InChI=1S/C12H17N3O3/c1-8(2)15(7-11(13)14-18)12(17)9-3-5-10(16)6-4-9/h3-6,8,16,18H,7H2,1-2H3,(H2,13,14). The number of hydrogen-bond donors (Lipinski definition) is 3. The van der Waals surface area contributed by atoms with Crippen molar-refractivity contribution in [2.24, 2.45) is 10.9 Å². The Kier molecular flexibility index (Phi) is 4.53. The molecule has 98 valence electrons. The zero-order valence-electron chi connectivity index (χ0n) is 10.4. The minimum Gasteiger partial charge on any atom is -0.508 e. The fraction of sp³-hybridized carbons (Fsp3) is 0.333. The van der Waals surface area contributed by atoms with Crippen LogP contribution in [0.15, 0.2) is 29.4 Å². The molecule has 18 heavy (non-hydrogen) atoms. The highest BCUT2D eigenvalue weighted by molar-refractivity contribution is 5.97. The number of carbonyl (C=O) groups excluding carboxylic acids is 1. The molecule has 1 rings (SSSR count). The van der Waals surface area contributed by atoms with Crippen LogP contribution < -0.4 is 5.73 Å². The van der Waals surface area contributed by atoms with Crippen LogP contribution in [-0.2, 0) is 0 Å². The smallest absolute Gasteiger partial charge is 0.254 e. The molecule has 1 amide bonds. The van der Waals surface area contributed by atoms with Gasteiger partial charge in [-0.15, -0.1) is 0 Å². The van der Waals surface area contributed by atoms with Crippen molar-refractivity contribution >= 4 is 11.7 Å². The van der Waals surface area contributed by atoms with Crippen molar-refractivity contribution in [2.45, 2.75) is 19.9 Å². The van der Waals surface area contributed by atoms with Gasteiger partial charge in [0.05, 0.1) is 6.54 Å². The average Bonchev–Trinajstić information content (AvgIpc) is 2.35. The molecule has 0 heterocycles. The van der Waals surface area contributed by atoms with E-state index >= 15 is 0 Å². The third-order valence-corrected chi connectivity index (χ3v) is 2.46. The molecule has 0 radical (unpaired) electrons. The normalized spacial score (nSPS) is 11.6. The van der Waals surface area contributed by atoms with Crippen LogP contribution in [0.5, 0.6) is 5.75 Å². The molecule has 0 aliphatic carbocycles. The van der Waals surface area contributed by atoms with Gasteiger partial charge < -0.3 is 20.9 Å². The Morgan fingerprint density at radius 2 is 1.94 bits per heavy atom. The van der Waals surface area contributed by atoms with Gasteiger partial charge in [-0.3, -0.25) is 4.79 Å². The number of aromatic hydroxyl groups is 1. The topological polar surface area (TPSA) is 99.1 Å². The maximum atomic E-state index is 12.2. The number of nitrogens with zero attached hydrogens (tertiary/aromatic N) is 2. The number of phenolic OH excluding ortho intramolecular Hbond substituents is 1. The molecule has 6 nitrogen and oxygen atoms in total. The van der Waals surface area contributed by atoms with Gasteiger partial charge in [0, 0.05) is 11.6 Å². The molecule has 0 spiro atoms. The highest BCUT2D eigenvalue weighted by Crippen LogP contribution is 2.13. The zero-order valence-corrected chi connectivity index (χ0v) is 10.4. The van der Waals surface area contributed by atoms with E-state index in [2.05, 4.69) is 5.16 Å². The summed E-state index contributed by atoms with van der Waals surface area (Å²) in [4.78, 5) is 13.7. The van der Waals surface area contributed by atoms with Crippen LogP contribution in [0.25, 0.3) is 0 Å². The highest BCUT2D eigenvalue weighted by Gasteiger charge is 2.19. The van der Waals surface area contributed by atoms with Crippen LogP contribution >= 0.6 is 0 Å². The lowest BCUT2D eigenvalue weighted by atomic mass is 10.1. The molecule has 0 saturated heterocycles. The number of phenols is 1. The van der Waals surface area contributed by atoms with Crippen LogP contribution in [0.4, 0.5) is 0 Å². The summed E-state index contributed by atoms with van der Waals surface area (Å²) in [6.07, 6.45) is 0. The fourth-order valence-corrected chi connectivity index (χ4v) is 1.46. The molecule has 1 aromatic rings. The molecule has 1 aromatic carbocycles. The summed E-state index contributed by atoms with van der Waals surface area (Å²) in [6, 6.07) is 5.84. The van der Waals surface area contributed by atoms with E-state index in [1.807, 2.05) is 13.8 Å².